The van der Waals surface area contributed by atoms with Gasteiger partial charge in [-0.1, -0.05) is 45.7 Å². The van der Waals surface area contributed by atoms with Crippen LogP contribution in [0.5, 0.6) is 11.5 Å². The lowest BCUT2D eigenvalue weighted by Gasteiger charge is -2.29. The Morgan fingerprint density at radius 2 is 1.65 bits per heavy atom. The normalized spacial score (nSPS) is 19.1. The molecular formula is C29H35F3O5. The number of ether oxygens (including phenoxy) is 3. The van der Waals surface area contributed by atoms with Gasteiger partial charge in [-0.2, -0.15) is 4.39 Å². The smallest absolute Gasteiger partial charge is 0.346 e. The topological polar surface area (TPSA) is 61.8 Å². The molecular weight excluding hydrogens is 485 g/mol. The van der Waals surface area contributed by atoms with Gasteiger partial charge >= 0.3 is 11.9 Å². The van der Waals surface area contributed by atoms with E-state index in [9.17, 15) is 22.8 Å². The van der Waals surface area contributed by atoms with Crippen molar-refractivity contribution in [2.75, 3.05) is 6.61 Å². The molecule has 0 saturated heterocycles. The fourth-order valence-corrected chi connectivity index (χ4v) is 4.28. The highest BCUT2D eigenvalue weighted by Crippen LogP contribution is 2.35. The summed E-state index contributed by atoms with van der Waals surface area (Å²) in [5.41, 5.74) is 0.513. The molecule has 2 aromatic rings. The monoisotopic (exact) mass is 520 g/mol. The van der Waals surface area contributed by atoms with E-state index < -0.39 is 35.3 Å². The zero-order valence-electron chi connectivity index (χ0n) is 21.6. The molecule has 8 heteroatoms. The molecule has 1 fully saturated rings. The zero-order valence-corrected chi connectivity index (χ0v) is 21.6. The maximum Gasteiger partial charge on any atom is 0.346 e. The average molecular weight is 521 g/mol. The Hall–Kier alpha value is -3.03. The molecule has 37 heavy (non-hydrogen) atoms. The number of benzene rings is 2. The van der Waals surface area contributed by atoms with E-state index in [2.05, 4.69) is 0 Å². The Balaban J connectivity index is 1.53. The van der Waals surface area contributed by atoms with Crippen LogP contribution in [0.15, 0.2) is 36.4 Å². The molecule has 0 aliphatic heterocycles. The van der Waals surface area contributed by atoms with Crippen LogP contribution >= 0.6 is 0 Å². The Bertz CT molecular complexity index is 1050. The molecule has 1 saturated carbocycles. The van der Waals surface area contributed by atoms with E-state index in [0.717, 1.165) is 30.9 Å². The SMILES string of the molecule is CCCCOc1ccc(C(=O)Oc2ccc([C@H]3CC[C@H](OC(=O)[C@@H](F)[C@@H](C)CC)CC3)cc2)c(F)c1F. The second-order valence-electron chi connectivity index (χ2n) is 9.60. The van der Waals surface area contributed by atoms with Crippen LogP contribution in [0.3, 0.4) is 0 Å². The van der Waals surface area contributed by atoms with E-state index >= 15 is 0 Å². The number of halogens is 3. The number of rotatable bonds is 11. The number of esters is 2. The predicted octanol–water partition coefficient (Wildman–Crippen LogP) is 7.32. The Morgan fingerprint density at radius 3 is 2.27 bits per heavy atom. The highest BCUT2D eigenvalue weighted by Gasteiger charge is 2.30. The lowest BCUT2D eigenvalue weighted by Crippen LogP contribution is -2.31. The third kappa shape index (κ3) is 7.49. The molecule has 3 rings (SSSR count). The first-order valence-electron chi connectivity index (χ1n) is 13.0. The summed E-state index contributed by atoms with van der Waals surface area (Å²) in [6.07, 6.45) is 3.07. The van der Waals surface area contributed by atoms with Crippen molar-refractivity contribution in [1.82, 2.24) is 0 Å². The lowest BCUT2D eigenvalue weighted by molar-refractivity contribution is -0.158. The maximum absolute atomic E-state index is 14.4. The molecule has 2 aromatic carbocycles. The van der Waals surface area contributed by atoms with Crippen molar-refractivity contribution < 1.29 is 37.0 Å². The molecule has 5 nitrogen and oxygen atoms in total. The third-order valence-electron chi connectivity index (χ3n) is 6.91. The van der Waals surface area contributed by atoms with Gasteiger partial charge < -0.3 is 14.2 Å². The molecule has 1 aliphatic rings. The number of hydrogen-bond donors (Lipinski definition) is 0. The highest BCUT2D eigenvalue weighted by molar-refractivity contribution is 5.91. The van der Waals surface area contributed by atoms with E-state index in [0.29, 0.717) is 25.7 Å². The molecule has 0 spiro atoms. The van der Waals surface area contributed by atoms with Crippen molar-refractivity contribution in [2.45, 2.75) is 83.9 Å². The van der Waals surface area contributed by atoms with Crippen LogP contribution in [0.25, 0.3) is 0 Å². The number of alkyl halides is 1. The minimum atomic E-state index is -1.60. The molecule has 0 aromatic heterocycles. The molecule has 0 amide bonds. The maximum atomic E-state index is 14.4. The van der Waals surface area contributed by atoms with Crippen molar-refractivity contribution in [2.24, 2.45) is 5.92 Å². The molecule has 1 aliphatic carbocycles. The van der Waals surface area contributed by atoms with Crippen molar-refractivity contribution >= 4 is 11.9 Å². The summed E-state index contributed by atoms with van der Waals surface area (Å²) in [5, 5.41) is 0. The Labute approximate surface area is 216 Å². The van der Waals surface area contributed by atoms with E-state index in [4.69, 9.17) is 14.2 Å². The average Bonchev–Trinajstić information content (AvgIpc) is 2.91. The molecule has 0 bridgehead atoms. The second-order valence-corrected chi connectivity index (χ2v) is 9.60. The molecule has 202 valence electrons. The molecule has 2 atom stereocenters. The van der Waals surface area contributed by atoms with Gasteiger partial charge in [-0.15, -0.1) is 0 Å². The van der Waals surface area contributed by atoms with E-state index in [1.807, 2.05) is 26.0 Å². The number of carbonyl (C=O) groups is 2. The first-order valence-corrected chi connectivity index (χ1v) is 13.0. The summed E-state index contributed by atoms with van der Waals surface area (Å²) in [6, 6.07) is 9.23. The standard InChI is InChI=1S/C29H35F3O5/c1-4-6-17-35-24-16-15-23(26(31)27(24)32)28(33)36-21-11-7-19(8-12-21)20-9-13-22(14-10-20)37-29(34)25(30)18(3)5-2/h7-8,11-12,15-16,18,20,22,25H,4-6,9-10,13-14,17H2,1-3H3/t18-,20-,22-,25-/m0/s1. The second kappa shape index (κ2) is 13.5. The van der Waals surface area contributed by atoms with Crippen molar-refractivity contribution in [3.63, 3.8) is 0 Å². The largest absolute Gasteiger partial charge is 0.490 e. The van der Waals surface area contributed by atoms with E-state index in [-0.39, 0.29) is 36.0 Å². The summed E-state index contributed by atoms with van der Waals surface area (Å²) < 4.78 is 58.7. The number of unbranched alkanes of at least 4 members (excludes halogenated alkanes) is 1. The number of hydrogen-bond acceptors (Lipinski definition) is 5. The van der Waals surface area contributed by atoms with Crippen molar-refractivity contribution in [3.8, 4) is 11.5 Å². The van der Waals surface area contributed by atoms with Gasteiger partial charge in [0.1, 0.15) is 11.9 Å². The van der Waals surface area contributed by atoms with Crippen LogP contribution in [0.2, 0.25) is 0 Å². The lowest BCUT2D eigenvalue weighted by atomic mass is 9.82. The van der Waals surface area contributed by atoms with Gasteiger partial charge in [0.15, 0.2) is 17.7 Å². The summed E-state index contributed by atoms with van der Waals surface area (Å²) >= 11 is 0. The van der Waals surface area contributed by atoms with Gasteiger partial charge in [0.25, 0.3) is 0 Å². The van der Waals surface area contributed by atoms with Crippen LogP contribution in [-0.4, -0.2) is 30.8 Å². The Morgan fingerprint density at radius 1 is 0.973 bits per heavy atom. The van der Waals surface area contributed by atoms with Gasteiger partial charge in [0.2, 0.25) is 5.82 Å². The minimum Gasteiger partial charge on any atom is -0.490 e. The summed E-state index contributed by atoms with van der Waals surface area (Å²) in [5.74, 6) is -4.48. The van der Waals surface area contributed by atoms with Crippen molar-refractivity contribution in [3.05, 3.63) is 59.2 Å². The quantitative estimate of drug-likeness (QED) is 0.177. The fourth-order valence-electron chi connectivity index (χ4n) is 4.28. The van der Waals surface area contributed by atoms with Gasteiger partial charge in [0, 0.05) is 0 Å². The minimum absolute atomic E-state index is 0.207. The molecule has 0 radical (unpaired) electrons. The fraction of sp³-hybridized carbons (Fsp3) is 0.517. The van der Waals surface area contributed by atoms with Crippen LogP contribution in [0.4, 0.5) is 13.2 Å². The van der Waals surface area contributed by atoms with Gasteiger partial charge in [-0.3, -0.25) is 0 Å². The Kier molecular flexibility index (Phi) is 10.4. The molecule has 0 heterocycles. The predicted molar refractivity (Wildman–Crippen MR) is 134 cm³/mol. The van der Waals surface area contributed by atoms with Crippen molar-refractivity contribution in [1.29, 1.82) is 0 Å². The molecule has 0 N–H and O–H groups in total. The van der Waals surface area contributed by atoms with E-state index in [1.54, 1.807) is 19.1 Å². The van der Waals surface area contributed by atoms with Crippen LogP contribution < -0.4 is 9.47 Å². The number of carbonyl (C=O) groups excluding carboxylic acids is 2. The van der Waals surface area contributed by atoms with Gasteiger partial charge in [0.05, 0.1) is 12.2 Å². The summed E-state index contributed by atoms with van der Waals surface area (Å²) in [7, 11) is 0. The summed E-state index contributed by atoms with van der Waals surface area (Å²) in [6.45, 7) is 5.74. The third-order valence-corrected chi connectivity index (χ3v) is 6.91. The van der Waals surface area contributed by atoms with Crippen LogP contribution in [0, 0.1) is 17.6 Å². The van der Waals surface area contributed by atoms with Gasteiger partial charge in [-0.25, -0.2) is 18.4 Å². The summed E-state index contributed by atoms with van der Waals surface area (Å²) in [4.78, 5) is 24.5. The zero-order chi connectivity index (χ0) is 26.9. The molecule has 0 unspecified atom stereocenters. The van der Waals surface area contributed by atoms with Gasteiger partial charge in [-0.05, 0) is 73.8 Å². The first-order chi connectivity index (χ1) is 17.7. The first kappa shape index (κ1) is 28.5. The highest BCUT2D eigenvalue weighted by atomic mass is 19.2. The van der Waals surface area contributed by atoms with E-state index in [1.165, 1.54) is 6.07 Å². The van der Waals surface area contributed by atoms with Crippen LogP contribution in [-0.2, 0) is 9.53 Å². The van der Waals surface area contributed by atoms with Crippen LogP contribution in [0.1, 0.15) is 87.6 Å².